The van der Waals surface area contributed by atoms with E-state index < -0.39 is 17.9 Å². The molecule has 0 spiro atoms. The fourth-order valence-electron chi connectivity index (χ4n) is 1.09. The summed E-state index contributed by atoms with van der Waals surface area (Å²) in [4.78, 5) is 22.6. The summed E-state index contributed by atoms with van der Waals surface area (Å²) >= 11 is 0. The summed E-state index contributed by atoms with van der Waals surface area (Å²) in [6.07, 6.45) is 3.59. The Bertz CT molecular complexity index is 361. The highest BCUT2D eigenvalue weighted by molar-refractivity contribution is 5.96. The van der Waals surface area contributed by atoms with Crippen LogP contribution < -0.4 is 0 Å². The maximum absolute atomic E-state index is 11.3. The van der Waals surface area contributed by atoms with Gasteiger partial charge in [0.2, 0.25) is 0 Å². The first-order valence-corrected chi connectivity index (χ1v) is 5.64. The van der Waals surface area contributed by atoms with Crippen LogP contribution >= 0.6 is 0 Å². The number of hydrogen-bond acceptors (Lipinski definition) is 4. The minimum Gasteiger partial charge on any atom is -0.468 e. The van der Waals surface area contributed by atoms with Crippen molar-refractivity contribution in [1.82, 2.24) is 0 Å². The topological polar surface area (TPSA) is 52.6 Å². The highest BCUT2D eigenvalue weighted by atomic mass is 16.5. The number of methoxy groups -OCH3 is 2. The number of hydrogen-bond donors (Lipinski definition) is 0. The largest absolute Gasteiger partial charge is 0.468 e. The average Bonchev–Trinajstić information content (AvgIpc) is 2.30. The van der Waals surface area contributed by atoms with Crippen molar-refractivity contribution in [3.8, 4) is 11.8 Å². The first-order valence-electron chi connectivity index (χ1n) is 5.64. The number of carbonyl (C=O) groups excluding carboxylic acids is 2. The van der Waals surface area contributed by atoms with Gasteiger partial charge in [-0.05, 0) is 20.8 Å². The van der Waals surface area contributed by atoms with Gasteiger partial charge < -0.3 is 9.47 Å². The lowest BCUT2D eigenvalue weighted by atomic mass is 9.98. The van der Waals surface area contributed by atoms with E-state index in [1.54, 1.807) is 6.08 Å². The molecule has 18 heavy (non-hydrogen) atoms. The molecule has 0 rings (SSSR count). The van der Waals surface area contributed by atoms with Crippen LogP contribution in [-0.2, 0) is 19.1 Å². The lowest BCUT2D eigenvalue weighted by Gasteiger charge is -2.07. The molecule has 0 aliphatic rings. The van der Waals surface area contributed by atoms with Gasteiger partial charge in [-0.25, -0.2) is 0 Å². The lowest BCUT2D eigenvalue weighted by Crippen LogP contribution is -2.24. The molecule has 0 aromatic heterocycles. The van der Waals surface area contributed by atoms with E-state index in [9.17, 15) is 9.59 Å². The molecule has 0 amide bonds. The Hall–Kier alpha value is -1.76. The number of esters is 2. The quantitative estimate of drug-likeness (QED) is 0.332. The van der Waals surface area contributed by atoms with Crippen molar-refractivity contribution in [1.29, 1.82) is 0 Å². The molecular formula is C14H20O4. The summed E-state index contributed by atoms with van der Waals surface area (Å²) < 4.78 is 9.04. The highest BCUT2D eigenvalue weighted by Crippen LogP contribution is 2.10. The van der Waals surface area contributed by atoms with Gasteiger partial charge in [0.05, 0.1) is 14.2 Å². The van der Waals surface area contributed by atoms with Crippen LogP contribution in [-0.4, -0.2) is 26.2 Å². The predicted octanol–water partition coefficient (Wildman–Crippen LogP) is 1.94. The molecule has 0 radical (unpaired) electrons. The molecule has 4 nitrogen and oxygen atoms in total. The van der Waals surface area contributed by atoms with Gasteiger partial charge in [-0.15, -0.1) is 0 Å². The number of ether oxygens (including phenoxy) is 2. The Morgan fingerprint density at radius 2 is 1.67 bits per heavy atom. The Balaban J connectivity index is 4.54. The second-order valence-corrected chi connectivity index (χ2v) is 4.71. The van der Waals surface area contributed by atoms with E-state index in [4.69, 9.17) is 0 Å². The fraction of sp³-hybridized carbons (Fsp3) is 0.571. The maximum Gasteiger partial charge on any atom is 0.323 e. The summed E-state index contributed by atoms with van der Waals surface area (Å²) in [6, 6.07) is 0. The van der Waals surface area contributed by atoms with E-state index in [1.807, 2.05) is 20.8 Å². The summed E-state index contributed by atoms with van der Waals surface area (Å²) in [5, 5.41) is 0. The zero-order valence-electron chi connectivity index (χ0n) is 11.6. The summed E-state index contributed by atoms with van der Waals surface area (Å²) in [7, 11) is 2.46. The Morgan fingerprint density at radius 3 is 2.06 bits per heavy atom. The predicted molar refractivity (Wildman–Crippen MR) is 68.5 cm³/mol. The van der Waals surface area contributed by atoms with E-state index in [-0.39, 0.29) is 5.41 Å². The van der Waals surface area contributed by atoms with E-state index >= 15 is 0 Å². The molecule has 0 aromatic carbocycles. The second-order valence-electron chi connectivity index (χ2n) is 4.71. The first-order chi connectivity index (χ1) is 8.31. The first kappa shape index (κ1) is 16.2. The van der Waals surface area contributed by atoms with Crippen molar-refractivity contribution in [2.45, 2.75) is 27.2 Å². The van der Waals surface area contributed by atoms with Crippen LogP contribution in [0.25, 0.3) is 0 Å². The number of carbonyl (C=O) groups is 2. The van der Waals surface area contributed by atoms with Crippen LogP contribution in [0.1, 0.15) is 27.2 Å². The Morgan fingerprint density at radius 1 is 1.17 bits per heavy atom. The maximum atomic E-state index is 11.3. The molecule has 0 saturated heterocycles. The third-order valence-electron chi connectivity index (χ3n) is 1.92. The van der Waals surface area contributed by atoms with E-state index in [1.165, 1.54) is 20.3 Å². The van der Waals surface area contributed by atoms with Crippen molar-refractivity contribution in [2.75, 3.05) is 14.2 Å². The molecule has 0 N–H and O–H groups in total. The lowest BCUT2D eigenvalue weighted by molar-refractivity contribution is -0.156. The zero-order chi connectivity index (χ0) is 14.2. The van der Waals surface area contributed by atoms with Crippen LogP contribution in [0, 0.1) is 23.2 Å². The number of allylic oxidation sites excluding steroid dienone is 1. The Labute approximate surface area is 108 Å². The molecule has 0 aliphatic heterocycles. The SMILES string of the molecule is COC(=O)C(/C=C/CC#CC(C)(C)C)C(=O)OC. The molecule has 0 saturated carbocycles. The van der Waals surface area contributed by atoms with Crippen LogP contribution in [0.5, 0.6) is 0 Å². The highest BCUT2D eigenvalue weighted by Gasteiger charge is 2.25. The van der Waals surface area contributed by atoms with Gasteiger partial charge in [0, 0.05) is 11.8 Å². The minimum absolute atomic E-state index is 0.0576. The van der Waals surface area contributed by atoms with Crippen LogP contribution in [0.15, 0.2) is 12.2 Å². The van der Waals surface area contributed by atoms with Crippen molar-refractivity contribution in [3.05, 3.63) is 12.2 Å². The molecule has 0 atom stereocenters. The van der Waals surface area contributed by atoms with Gasteiger partial charge >= 0.3 is 11.9 Å². The van der Waals surface area contributed by atoms with Gasteiger partial charge in [-0.1, -0.05) is 24.0 Å². The van der Waals surface area contributed by atoms with E-state index in [0.717, 1.165) is 0 Å². The van der Waals surface area contributed by atoms with Crippen LogP contribution in [0.3, 0.4) is 0 Å². The third-order valence-corrected chi connectivity index (χ3v) is 1.92. The van der Waals surface area contributed by atoms with Crippen LogP contribution in [0.4, 0.5) is 0 Å². The van der Waals surface area contributed by atoms with E-state index in [2.05, 4.69) is 21.3 Å². The molecule has 0 unspecified atom stereocenters. The van der Waals surface area contributed by atoms with E-state index in [0.29, 0.717) is 6.42 Å². The monoisotopic (exact) mass is 252 g/mol. The standard InChI is InChI=1S/C14H20O4/c1-14(2,3)10-8-6-7-9-11(12(15)17-4)13(16)18-5/h7,9,11H,6H2,1-5H3/b9-7+. The molecule has 0 aliphatic carbocycles. The van der Waals surface area contributed by atoms with Gasteiger partial charge in [-0.2, -0.15) is 0 Å². The van der Waals surface area contributed by atoms with Gasteiger partial charge in [-0.3, -0.25) is 9.59 Å². The van der Waals surface area contributed by atoms with Crippen LogP contribution in [0.2, 0.25) is 0 Å². The normalized spacial score (nSPS) is 11.0. The van der Waals surface area contributed by atoms with Gasteiger partial charge in [0.1, 0.15) is 0 Å². The molecular weight excluding hydrogens is 232 g/mol. The van der Waals surface area contributed by atoms with Crippen molar-refractivity contribution in [3.63, 3.8) is 0 Å². The second kappa shape index (κ2) is 7.54. The summed E-state index contributed by atoms with van der Waals surface area (Å²) in [5.41, 5.74) is -0.0576. The fourth-order valence-corrected chi connectivity index (χ4v) is 1.09. The molecule has 0 fully saturated rings. The van der Waals surface area contributed by atoms with Crippen molar-refractivity contribution < 1.29 is 19.1 Å². The van der Waals surface area contributed by atoms with Crippen molar-refractivity contribution in [2.24, 2.45) is 11.3 Å². The van der Waals surface area contributed by atoms with Gasteiger partial charge in [0.15, 0.2) is 5.92 Å². The van der Waals surface area contributed by atoms with Gasteiger partial charge in [0.25, 0.3) is 0 Å². The van der Waals surface area contributed by atoms with Crippen molar-refractivity contribution >= 4 is 11.9 Å². The smallest absolute Gasteiger partial charge is 0.323 e. The average molecular weight is 252 g/mol. The number of rotatable bonds is 4. The summed E-state index contributed by atoms with van der Waals surface area (Å²) in [6.45, 7) is 6.03. The molecule has 4 heteroatoms. The minimum atomic E-state index is -1.02. The molecule has 0 heterocycles. The molecule has 0 bridgehead atoms. The zero-order valence-corrected chi connectivity index (χ0v) is 11.6. The Kier molecular flexibility index (Phi) is 6.81. The third kappa shape index (κ3) is 6.74. The molecule has 100 valence electrons. The molecule has 0 aromatic rings. The summed E-state index contributed by atoms with van der Waals surface area (Å²) in [5.74, 6) is 3.71.